The normalized spacial score (nSPS) is 12.5. The van der Waals surface area contributed by atoms with Gasteiger partial charge in [-0.1, -0.05) is 11.6 Å². The van der Waals surface area contributed by atoms with Crippen LogP contribution in [0, 0.1) is 11.3 Å². The Morgan fingerprint density at radius 1 is 1.38 bits per heavy atom. The number of alkyl halides is 1. The lowest BCUT2D eigenvalue weighted by Gasteiger charge is -2.15. The molecule has 0 aliphatic carbocycles. The summed E-state index contributed by atoms with van der Waals surface area (Å²) in [4.78, 5) is 5.69. The van der Waals surface area contributed by atoms with Gasteiger partial charge in [-0.05, 0) is 37.3 Å². The van der Waals surface area contributed by atoms with Crippen LogP contribution in [0.3, 0.4) is 0 Å². The first kappa shape index (κ1) is 14.4. The molecule has 6 heteroatoms. The molecule has 2 heterocycles. The monoisotopic (exact) mass is 335 g/mol. The summed E-state index contributed by atoms with van der Waals surface area (Å²) in [6.07, 6.45) is 0. The molecule has 3 nitrogen and oxygen atoms in total. The van der Waals surface area contributed by atoms with E-state index in [1.54, 1.807) is 17.4 Å². The number of thiophene rings is 1. The number of benzene rings is 1. The molecule has 0 spiro atoms. The lowest BCUT2D eigenvalue weighted by Crippen LogP contribution is -2.08. The second-order valence-corrected chi connectivity index (χ2v) is 6.68. The first-order chi connectivity index (χ1) is 10.1. The topological polar surface area (TPSA) is 41.6 Å². The molecule has 0 saturated carbocycles. The van der Waals surface area contributed by atoms with Crippen LogP contribution < -0.4 is 0 Å². The third-order valence-corrected chi connectivity index (χ3v) is 5.04. The number of imidazole rings is 1. The molecule has 3 aromatic rings. The molecule has 1 atom stereocenters. The van der Waals surface area contributed by atoms with Gasteiger partial charge in [0, 0.05) is 4.88 Å². The van der Waals surface area contributed by atoms with Gasteiger partial charge in [0.05, 0.1) is 38.9 Å². The minimum Gasteiger partial charge on any atom is -0.319 e. The third kappa shape index (κ3) is 2.53. The highest BCUT2D eigenvalue weighted by molar-refractivity contribution is 7.16. The minimum absolute atomic E-state index is 0.0650. The number of halogens is 2. The van der Waals surface area contributed by atoms with Crippen molar-refractivity contribution in [2.45, 2.75) is 18.8 Å². The largest absolute Gasteiger partial charge is 0.319 e. The van der Waals surface area contributed by atoms with Crippen LogP contribution in [0.25, 0.3) is 11.0 Å². The highest BCUT2D eigenvalue weighted by Crippen LogP contribution is 2.33. The first-order valence-electron chi connectivity index (χ1n) is 6.36. The molecule has 0 saturated heterocycles. The highest BCUT2D eigenvalue weighted by Gasteiger charge is 2.18. The van der Waals surface area contributed by atoms with Crippen LogP contribution in [0.2, 0.25) is 4.34 Å². The van der Waals surface area contributed by atoms with Crippen molar-refractivity contribution >= 4 is 45.6 Å². The van der Waals surface area contributed by atoms with Crippen molar-refractivity contribution in [1.29, 1.82) is 5.26 Å². The Bertz CT molecular complexity index is 844. The van der Waals surface area contributed by atoms with Crippen LogP contribution in [0.15, 0.2) is 30.3 Å². The predicted molar refractivity (Wildman–Crippen MR) is 87.1 cm³/mol. The van der Waals surface area contributed by atoms with Gasteiger partial charge in [0.15, 0.2) is 0 Å². The Labute approximate surface area is 136 Å². The summed E-state index contributed by atoms with van der Waals surface area (Å²) < 4.78 is 2.83. The number of nitriles is 1. The molecule has 0 aliphatic heterocycles. The van der Waals surface area contributed by atoms with Crippen molar-refractivity contribution in [3.63, 3.8) is 0 Å². The summed E-state index contributed by atoms with van der Waals surface area (Å²) >= 11 is 13.6. The van der Waals surface area contributed by atoms with Crippen molar-refractivity contribution < 1.29 is 0 Å². The van der Waals surface area contributed by atoms with E-state index in [2.05, 4.69) is 22.5 Å². The molecule has 0 amide bonds. The number of hydrogen-bond donors (Lipinski definition) is 0. The summed E-state index contributed by atoms with van der Waals surface area (Å²) in [6, 6.07) is 11.6. The molecular weight excluding hydrogens is 325 g/mol. The minimum atomic E-state index is 0.0650. The average Bonchev–Trinajstić information content (AvgIpc) is 3.08. The lowest BCUT2D eigenvalue weighted by atomic mass is 10.2. The molecular formula is C15H11Cl2N3S. The fourth-order valence-electron chi connectivity index (χ4n) is 2.42. The number of hydrogen-bond acceptors (Lipinski definition) is 3. The van der Waals surface area contributed by atoms with Crippen molar-refractivity contribution in [2.24, 2.45) is 0 Å². The summed E-state index contributed by atoms with van der Waals surface area (Å²) in [7, 11) is 0. The second-order valence-electron chi connectivity index (χ2n) is 4.66. The maximum atomic E-state index is 9.09. The van der Waals surface area contributed by atoms with Crippen LogP contribution in [0.1, 0.15) is 29.2 Å². The Hall–Kier alpha value is -1.54. The van der Waals surface area contributed by atoms with Crippen LogP contribution in [-0.2, 0) is 5.88 Å². The zero-order chi connectivity index (χ0) is 15.0. The molecule has 21 heavy (non-hydrogen) atoms. The predicted octanol–water partition coefficient (Wildman–Crippen LogP) is 4.97. The quantitative estimate of drug-likeness (QED) is 0.634. The molecule has 2 aromatic heterocycles. The molecule has 1 aromatic carbocycles. The van der Waals surface area contributed by atoms with Gasteiger partial charge in [-0.25, -0.2) is 4.98 Å². The maximum Gasteiger partial charge on any atom is 0.125 e. The van der Waals surface area contributed by atoms with Crippen molar-refractivity contribution in [3.8, 4) is 6.07 Å². The van der Waals surface area contributed by atoms with E-state index >= 15 is 0 Å². The number of rotatable bonds is 3. The Kier molecular flexibility index (Phi) is 3.90. The van der Waals surface area contributed by atoms with E-state index in [9.17, 15) is 0 Å². The van der Waals surface area contributed by atoms with Gasteiger partial charge in [0.2, 0.25) is 0 Å². The zero-order valence-corrected chi connectivity index (χ0v) is 13.5. The Morgan fingerprint density at radius 3 is 2.81 bits per heavy atom. The van der Waals surface area contributed by atoms with E-state index in [4.69, 9.17) is 28.5 Å². The standard InChI is InChI=1S/C15H11Cl2N3S/c1-9(13-4-5-14(17)21-13)20-12-6-10(8-18)2-3-11(12)19-15(20)7-16/h2-6,9H,7H2,1H3. The maximum absolute atomic E-state index is 9.09. The molecule has 0 fully saturated rings. The van der Waals surface area contributed by atoms with Crippen molar-refractivity contribution in [2.75, 3.05) is 0 Å². The first-order valence-corrected chi connectivity index (χ1v) is 8.09. The number of aromatic nitrogens is 2. The number of nitrogens with zero attached hydrogens (tertiary/aromatic N) is 3. The molecule has 0 aliphatic rings. The molecule has 1 unspecified atom stereocenters. The molecule has 0 N–H and O–H groups in total. The van der Waals surface area contributed by atoms with Gasteiger partial charge in [-0.3, -0.25) is 0 Å². The van der Waals surface area contributed by atoms with Gasteiger partial charge in [-0.2, -0.15) is 5.26 Å². The summed E-state index contributed by atoms with van der Waals surface area (Å²) in [5, 5.41) is 9.09. The van der Waals surface area contributed by atoms with Crippen LogP contribution in [0.5, 0.6) is 0 Å². The van der Waals surface area contributed by atoms with E-state index in [-0.39, 0.29) is 6.04 Å². The SMILES string of the molecule is CC(c1ccc(Cl)s1)n1c(CCl)nc2ccc(C#N)cc21. The second kappa shape index (κ2) is 5.69. The van der Waals surface area contributed by atoms with Gasteiger partial charge in [0.25, 0.3) is 0 Å². The lowest BCUT2D eigenvalue weighted by molar-refractivity contribution is 0.644. The van der Waals surface area contributed by atoms with E-state index in [1.165, 1.54) is 0 Å². The van der Waals surface area contributed by atoms with Gasteiger partial charge >= 0.3 is 0 Å². The fourth-order valence-corrected chi connectivity index (χ4v) is 3.71. The van der Waals surface area contributed by atoms with Crippen LogP contribution in [0.4, 0.5) is 0 Å². The third-order valence-electron chi connectivity index (χ3n) is 3.40. The van der Waals surface area contributed by atoms with Gasteiger partial charge in [-0.15, -0.1) is 22.9 Å². The smallest absolute Gasteiger partial charge is 0.125 e. The zero-order valence-electron chi connectivity index (χ0n) is 11.2. The number of fused-ring (bicyclic) bond motifs is 1. The molecule has 106 valence electrons. The van der Waals surface area contributed by atoms with Crippen molar-refractivity contribution in [1.82, 2.24) is 9.55 Å². The summed E-state index contributed by atoms with van der Waals surface area (Å²) in [6.45, 7) is 2.08. The van der Waals surface area contributed by atoms with E-state index in [0.29, 0.717) is 11.4 Å². The van der Waals surface area contributed by atoms with E-state index in [0.717, 1.165) is 26.1 Å². The van der Waals surface area contributed by atoms with Gasteiger partial charge in [0.1, 0.15) is 5.82 Å². The summed E-state index contributed by atoms with van der Waals surface area (Å²) in [5.41, 5.74) is 2.38. The highest BCUT2D eigenvalue weighted by atomic mass is 35.5. The van der Waals surface area contributed by atoms with E-state index < -0.39 is 0 Å². The Morgan fingerprint density at radius 2 is 2.19 bits per heavy atom. The molecule has 3 rings (SSSR count). The van der Waals surface area contributed by atoms with Crippen LogP contribution >= 0.6 is 34.5 Å². The van der Waals surface area contributed by atoms with E-state index in [1.807, 2.05) is 24.3 Å². The average molecular weight is 336 g/mol. The van der Waals surface area contributed by atoms with Crippen LogP contribution in [-0.4, -0.2) is 9.55 Å². The Balaban J connectivity index is 2.21. The molecule has 0 radical (unpaired) electrons. The fraction of sp³-hybridized carbons (Fsp3) is 0.200. The van der Waals surface area contributed by atoms with Crippen molar-refractivity contribution in [3.05, 3.63) is 50.9 Å². The van der Waals surface area contributed by atoms with Gasteiger partial charge < -0.3 is 4.57 Å². The summed E-state index contributed by atoms with van der Waals surface area (Å²) in [5.74, 6) is 1.11. The molecule has 0 bridgehead atoms.